The van der Waals surface area contributed by atoms with Crippen molar-refractivity contribution in [3.8, 4) is 0 Å². The zero-order valence-electron chi connectivity index (χ0n) is 10.3. The van der Waals surface area contributed by atoms with E-state index in [0.29, 0.717) is 6.04 Å². The molecule has 15 heavy (non-hydrogen) atoms. The molecule has 1 atom stereocenters. The van der Waals surface area contributed by atoms with Crippen LogP contribution in [0.5, 0.6) is 0 Å². The lowest BCUT2D eigenvalue weighted by Crippen LogP contribution is -2.04. The lowest BCUT2D eigenvalue weighted by molar-refractivity contribution is 0.713. The fourth-order valence-corrected chi connectivity index (χ4v) is 1.59. The lowest BCUT2D eigenvalue weighted by Gasteiger charge is -2.01. The van der Waals surface area contributed by atoms with Crippen molar-refractivity contribution in [3.63, 3.8) is 0 Å². The largest absolute Gasteiger partial charge is 0.324 e. The van der Waals surface area contributed by atoms with Gasteiger partial charge in [-0.25, -0.2) is 0 Å². The summed E-state index contributed by atoms with van der Waals surface area (Å²) in [6.07, 6.45) is 6.37. The summed E-state index contributed by atoms with van der Waals surface area (Å²) in [5.41, 5.74) is 8.64. The van der Waals surface area contributed by atoms with Crippen molar-refractivity contribution in [2.75, 3.05) is 12.5 Å². The van der Waals surface area contributed by atoms with Gasteiger partial charge in [-0.15, -0.1) is 0 Å². The first-order valence-corrected chi connectivity index (χ1v) is 7.16. The molecule has 0 saturated carbocycles. The molecule has 1 aliphatic carbocycles. The van der Waals surface area contributed by atoms with Gasteiger partial charge in [0.05, 0.1) is 0 Å². The highest BCUT2D eigenvalue weighted by Crippen LogP contribution is 2.28. The molecule has 0 amide bonds. The maximum Gasteiger partial charge on any atom is 0.0300 e. The third-order valence-corrected chi connectivity index (χ3v) is 2.18. The first kappa shape index (κ1) is 14.5. The monoisotopic (exact) mass is 225 g/mol. The van der Waals surface area contributed by atoms with Gasteiger partial charge in [-0.05, 0) is 36.5 Å². The number of rotatable bonds is 0. The van der Waals surface area contributed by atoms with Gasteiger partial charge < -0.3 is 5.73 Å². The highest BCUT2D eigenvalue weighted by molar-refractivity contribution is 7.97. The van der Waals surface area contributed by atoms with Crippen LogP contribution in [-0.2, 0) is 6.42 Å². The van der Waals surface area contributed by atoms with Gasteiger partial charge in [-0.1, -0.05) is 38.1 Å². The van der Waals surface area contributed by atoms with Gasteiger partial charge in [-0.2, -0.15) is 11.8 Å². The average Bonchev–Trinajstić information content (AvgIpc) is 2.65. The Labute approximate surface area is 98.5 Å². The quantitative estimate of drug-likeness (QED) is 0.729. The van der Waals surface area contributed by atoms with Crippen molar-refractivity contribution in [2.45, 2.75) is 32.7 Å². The molecule has 86 valence electrons. The third-order valence-electron chi connectivity index (χ3n) is 2.18. The molecule has 2 N–H and O–H groups in total. The number of hydrogen-bond acceptors (Lipinski definition) is 2. The Morgan fingerprint density at radius 1 is 1.20 bits per heavy atom. The minimum absolute atomic E-state index is 0.302. The van der Waals surface area contributed by atoms with Gasteiger partial charge >= 0.3 is 0 Å². The van der Waals surface area contributed by atoms with Crippen molar-refractivity contribution in [3.05, 3.63) is 35.4 Å². The molecule has 0 heterocycles. The summed E-state index contributed by atoms with van der Waals surface area (Å²) in [6, 6.07) is 8.74. The second kappa shape index (κ2) is 8.81. The summed E-state index contributed by atoms with van der Waals surface area (Å²) < 4.78 is 0. The van der Waals surface area contributed by atoms with E-state index in [0.717, 1.165) is 12.8 Å². The average molecular weight is 225 g/mol. The van der Waals surface area contributed by atoms with Crippen LogP contribution in [0.25, 0.3) is 0 Å². The van der Waals surface area contributed by atoms with Crippen molar-refractivity contribution < 1.29 is 0 Å². The number of nitrogens with two attached hydrogens (primary N) is 1. The Morgan fingerprint density at radius 2 is 1.73 bits per heavy atom. The summed E-state index contributed by atoms with van der Waals surface area (Å²) in [4.78, 5) is 0. The molecule has 1 aromatic carbocycles. The first-order chi connectivity index (χ1) is 7.29. The van der Waals surface area contributed by atoms with Crippen LogP contribution in [0.2, 0.25) is 0 Å². The standard InChI is InChI=1S/C9H11N.C2H6S.C2H6/c10-9-6-5-7-3-1-2-4-8(7)9;1-3-2;1-2/h1-4,9H,5-6,10H2;1-2H3;1-2H3. The second-order valence-electron chi connectivity index (χ2n) is 3.25. The minimum Gasteiger partial charge on any atom is -0.324 e. The van der Waals surface area contributed by atoms with Gasteiger partial charge in [0, 0.05) is 6.04 Å². The topological polar surface area (TPSA) is 26.0 Å². The van der Waals surface area contributed by atoms with Crippen LogP contribution in [-0.4, -0.2) is 12.5 Å². The van der Waals surface area contributed by atoms with E-state index in [1.54, 1.807) is 11.8 Å². The van der Waals surface area contributed by atoms with Crippen LogP contribution in [0.1, 0.15) is 37.4 Å². The summed E-state index contributed by atoms with van der Waals surface area (Å²) in [6.45, 7) is 4.00. The molecule has 0 bridgehead atoms. The fraction of sp³-hybridized carbons (Fsp3) is 0.538. The maximum absolute atomic E-state index is 5.85. The molecule has 1 aromatic rings. The first-order valence-electron chi connectivity index (χ1n) is 5.53. The third kappa shape index (κ3) is 4.72. The zero-order valence-corrected chi connectivity index (χ0v) is 11.1. The van der Waals surface area contributed by atoms with Gasteiger partial charge in [0.1, 0.15) is 0 Å². The Bertz CT molecular complexity index is 260. The molecule has 1 nitrogen and oxygen atoms in total. The molecule has 1 unspecified atom stereocenters. The van der Waals surface area contributed by atoms with E-state index in [1.807, 2.05) is 26.4 Å². The second-order valence-corrected chi connectivity index (χ2v) is 4.07. The van der Waals surface area contributed by atoms with Gasteiger partial charge in [0.25, 0.3) is 0 Å². The van der Waals surface area contributed by atoms with E-state index < -0.39 is 0 Å². The van der Waals surface area contributed by atoms with Crippen LogP contribution < -0.4 is 5.73 Å². The summed E-state index contributed by atoms with van der Waals surface area (Å²) in [5.74, 6) is 0. The van der Waals surface area contributed by atoms with Gasteiger partial charge in [0.2, 0.25) is 0 Å². The van der Waals surface area contributed by atoms with E-state index >= 15 is 0 Å². The van der Waals surface area contributed by atoms with Crippen molar-refractivity contribution in [1.82, 2.24) is 0 Å². The summed E-state index contributed by atoms with van der Waals surface area (Å²) in [5, 5.41) is 0. The molecule has 2 heteroatoms. The molecule has 1 aliphatic rings. The number of hydrogen-bond donors (Lipinski definition) is 1. The van der Waals surface area contributed by atoms with Crippen LogP contribution in [0, 0.1) is 0 Å². The highest BCUT2D eigenvalue weighted by atomic mass is 32.2. The van der Waals surface area contributed by atoms with E-state index in [-0.39, 0.29) is 0 Å². The predicted octanol–water partition coefficient (Wildman–Crippen LogP) is 3.64. The van der Waals surface area contributed by atoms with Crippen LogP contribution in [0.4, 0.5) is 0 Å². The van der Waals surface area contributed by atoms with E-state index in [4.69, 9.17) is 5.73 Å². The molecule has 0 aromatic heterocycles. The minimum atomic E-state index is 0.302. The van der Waals surface area contributed by atoms with Crippen LogP contribution in [0.15, 0.2) is 24.3 Å². The SMILES string of the molecule is CC.CSC.NC1CCc2ccccc21. The van der Waals surface area contributed by atoms with E-state index in [9.17, 15) is 0 Å². The summed E-state index contributed by atoms with van der Waals surface area (Å²) >= 11 is 1.75. The highest BCUT2D eigenvalue weighted by Gasteiger charge is 2.16. The maximum atomic E-state index is 5.85. The molecule has 0 saturated heterocycles. The predicted molar refractivity (Wildman–Crippen MR) is 72.5 cm³/mol. The molecular weight excluding hydrogens is 202 g/mol. The zero-order chi connectivity index (χ0) is 11.7. The smallest absolute Gasteiger partial charge is 0.0300 e. The number of aryl methyl sites for hydroxylation is 1. The van der Waals surface area contributed by atoms with Crippen LogP contribution >= 0.6 is 11.8 Å². The normalized spacial score (nSPS) is 16.7. The van der Waals surface area contributed by atoms with E-state index in [1.165, 1.54) is 11.1 Å². The Hall–Kier alpha value is -0.470. The number of benzene rings is 1. The Balaban J connectivity index is 0.000000342. The van der Waals surface area contributed by atoms with Crippen molar-refractivity contribution in [1.29, 1.82) is 0 Å². The number of fused-ring (bicyclic) bond motifs is 1. The molecule has 0 radical (unpaired) electrons. The Kier molecular flexibility index (Phi) is 8.53. The number of thioether (sulfide) groups is 1. The molecule has 0 spiro atoms. The van der Waals surface area contributed by atoms with Gasteiger partial charge in [-0.3, -0.25) is 0 Å². The Morgan fingerprint density at radius 3 is 2.27 bits per heavy atom. The molecule has 0 fully saturated rings. The summed E-state index contributed by atoms with van der Waals surface area (Å²) in [7, 11) is 0. The fourth-order valence-electron chi connectivity index (χ4n) is 1.59. The molecule has 2 rings (SSSR count). The van der Waals surface area contributed by atoms with E-state index in [2.05, 4.69) is 24.3 Å². The van der Waals surface area contributed by atoms with Crippen LogP contribution in [0.3, 0.4) is 0 Å². The molecular formula is C13H23NS. The van der Waals surface area contributed by atoms with Crippen molar-refractivity contribution in [2.24, 2.45) is 5.73 Å². The van der Waals surface area contributed by atoms with Gasteiger partial charge in [0.15, 0.2) is 0 Å². The molecule has 0 aliphatic heterocycles. The van der Waals surface area contributed by atoms with Crippen molar-refractivity contribution >= 4 is 11.8 Å². The lowest BCUT2D eigenvalue weighted by atomic mass is 10.1.